The van der Waals surface area contributed by atoms with Gasteiger partial charge in [0.1, 0.15) is 11.4 Å². The lowest BCUT2D eigenvalue weighted by Gasteiger charge is -2.37. The molecule has 2 amide bonds. The minimum Gasteiger partial charge on any atom is -0.493 e. The number of anilines is 2. The van der Waals surface area contributed by atoms with Crippen molar-refractivity contribution in [3.05, 3.63) is 54.2 Å². The van der Waals surface area contributed by atoms with Crippen LogP contribution >= 0.6 is 0 Å². The van der Waals surface area contributed by atoms with Gasteiger partial charge in [0.2, 0.25) is 5.91 Å². The molecule has 4 rings (SSSR count). The number of aliphatic carboxylic acids is 1. The summed E-state index contributed by atoms with van der Waals surface area (Å²) in [6, 6.07) is 15.3. The van der Waals surface area contributed by atoms with Gasteiger partial charge in [0.15, 0.2) is 0 Å². The van der Waals surface area contributed by atoms with Crippen molar-refractivity contribution in [3.63, 3.8) is 0 Å². The smallest absolute Gasteiger partial charge is 0.309 e. The maximum absolute atomic E-state index is 13.0. The fourth-order valence-corrected chi connectivity index (χ4v) is 4.56. The van der Waals surface area contributed by atoms with Gasteiger partial charge in [-0.25, -0.2) is 0 Å². The van der Waals surface area contributed by atoms with Gasteiger partial charge in [0.25, 0.3) is 5.91 Å². The molecule has 0 radical (unpaired) electrons. The molecule has 0 unspecified atom stereocenters. The van der Waals surface area contributed by atoms with Gasteiger partial charge in [-0.3, -0.25) is 14.4 Å². The van der Waals surface area contributed by atoms with E-state index in [2.05, 4.69) is 10.2 Å². The molecule has 196 valence electrons. The van der Waals surface area contributed by atoms with Gasteiger partial charge in [-0.2, -0.15) is 0 Å². The number of carboxylic acids is 1. The summed E-state index contributed by atoms with van der Waals surface area (Å²) in [7, 11) is 1.86. The molecule has 9 heteroatoms. The van der Waals surface area contributed by atoms with E-state index in [0.29, 0.717) is 44.2 Å². The molecule has 2 heterocycles. The Morgan fingerprint density at radius 1 is 1.03 bits per heavy atom. The van der Waals surface area contributed by atoms with Crippen molar-refractivity contribution >= 4 is 40.1 Å². The van der Waals surface area contributed by atoms with Crippen LogP contribution in [0.5, 0.6) is 5.75 Å². The van der Waals surface area contributed by atoms with Crippen molar-refractivity contribution in [2.75, 3.05) is 43.0 Å². The van der Waals surface area contributed by atoms with Crippen molar-refractivity contribution in [3.8, 4) is 5.75 Å². The standard InChI is InChI=1S/C28H34N4O5/c1-5-37-24-8-6-7-22-21(24)17-23(30(22)4)26(34)29-19-9-11-20(12-10-19)31-13-15-32(16-14-31)25(33)18-28(2,3)27(35)36/h6-12,17H,5,13-16,18H2,1-4H3,(H,29,34)(H,35,36). The molecular weight excluding hydrogens is 472 g/mol. The molecule has 0 bridgehead atoms. The van der Waals surface area contributed by atoms with Gasteiger partial charge in [0.05, 0.1) is 17.5 Å². The van der Waals surface area contributed by atoms with Crippen LogP contribution in [-0.4, -0.2) is 65.1 Å². The van der Waals surface area contributed by atoms with Crippen LogP contribution in [0.25, 0.3) is 10.9 Å². The highest BCUT2D eigenvalue weighted by Crippen LogP contribution is 2.29. The number of nitrogens with zero attached hydrogens (tertiary/aromatic N) is 3. The Hall–Kier alpha value is -4.01. The second-order valence-electron chi connectivity index (χ2n) is 9.95. The van der Waals surface area contributed by atoms with E-state index in [4.69, 9.17) is 4.74 Å². The third-order valence-corrected chi connectivity index (χ3v) is 6.87. The summed E-state index contributed by atoms with van der Waals surface area (Å²) in [6.45, 7) is 8.02. The summed E-state index contributed by atoms with van der Waals surface area (Å²) in [5.74, 6) is -0.550. The molecule has 0 atom stereocenters. The zero-order chi connectivity index (χ0) is 26.7. The van der Waals surface area contributed by atoms with Crippen molar-refractivity contribution in [1.82, 2.24) is 9.47 Å². The maximum atomic E-state index is 13.0. The predicted octanol–water partition coefficient (Wildman–Crippen LogP) is 3.98. The molecule has 3 aromatic rings. The van der Waals surface area contributed by atoms with E-state index in [1.807, 2.05) is 67.1 Å². The van der Waals surface area contributed by atoms with Crippen LogP contribution < -0.4 is 15.0 Å². The van der Waals surface area contributed by atoms with Gasteiger partial charge in [-0.05, 0) is 63.2 Å². The number of carbonyl (C=O) groups excluding carboxylic acids is 2. The molecule has 1 aliphatic rings. The average molecular weight is 507 g/mol. The normalized spacial score (nSPS) is 14.1. The first kappa shape index (κ1) is 26.1. The molecule has 1 fully saturated rings. The molecule has 9 nitrogen and oxygen atoms in total. The number of nitrogens with one attached hydrogen (secondary N) is 1. The summed E-state index contributed by atoms with van der Waals surface area (Å²) in [5.41, 5.74) is 2.08. The van der Waals surface area contributed by atoms with E-state index in [9.17, 15) is 19.5 Å². The zero-order valence-electron chi connectivity index (χ0n) is 21.8. The van der Waals surface area contributed by atoms with Crippen molar-refractivity contribution in [2.24, 2.45) is 12.5 Å². The van der Waals surface area contributed by atoms with Crippen LogP contribution in [0.2, 0.25) is 0 Å². The topological polar surface area (TPSA) is 104 Å². The van der Waals surface area contributed by atoms with Crippen molar-refractivity contribution in [1.29, 1.82) is 0 Å². The zero-order valence-corrected chi connectivity index (χ0v) is 21.8. The Kier molecular flexibility index (Phi) is 7.42. The largest absolute Gasteiger partial charge is 0.493 e. The van der Waals surface area contributed by atoms with Gasteiger partial charge in [-0.1, -0.05) is 6.07 Å². The van der Waals surface area contributed by atoms with Crippen molar-refractivity contribution < 1.29 is 24.2 Å². The van der Waals surface area contributed by atoms with E-state index < -0.39 is 11.4 Å². The SMILES string of the molecule is CCOc1cccc2c1cc(C(=O)Nc1ccc(N3CCN(C(=O)CC(C)(C)C(=O)O)CC3)cc1)n2C. The molecule has 0 spiro atoms. The van der Waals surface area contributed by atoms with E-state index in [-0.39, 0.29) is 18.2 Å². The molecular formula is C28H34N4O5. The Labute approximate surface area is 216 Å². The van der Waals surface area contributed by atoms with Crippen LogP contribution in [0.1, 0.15) is 37.7 Å². The van der Waals surface area contributed by atoms with E-state index in [1.54, 1.807) is 18.7 Å². The average Bonchev–Trinajstić information content (AvgIpc) is 3.22. The van der Waals surface area contributed by atoms with Crippen LogP contribution in [0.3, 0.4) is 0 Å². The number of ether oxygens (including phenoxy) is 1. The van der Waals surface area contributed by atoms with Crippen molar-refractivity contribution in [2.45, 2.75) is 27.2 Å². The number of hydrogen-bond acceptors (Lipinski definition) is 5. The monoisotopic (exact) mass is 506 g/mol. The fraction of sp³-hybridized carbons (Fsp3) is 0.393. The Bertz CT molecular complexity index is 1300. The Morgan fingerprint density at radius 2 is 1.70 bits per heavy atom. The molecule has 0 aliphatic carbocycles. The molecule has 1 aromatic heterocycles. The third kappa shape index (κ3) is 5.55. The number of aromatic nitrogens is 1. The minimum absolute atomic E-state index is 0.0135. The highest BCUT2D eigenvalue weighted by atomic mass is 16.5. The summed E-state index contributed by atoms with van der Waals surface area (Å²) in [4.78, 5) is 40.8. The minimum atomic E-state index is -1.08. The number of piperazine rings is 1. The number of aryl methyl sites for hydroxylation is 1. The third-order valence-electron chi connectivity index (χ3n) is 6.87. The second-order valence-corrected chi connectivity index (χ2v) is 9.95. The van der Waals surface area contributed by atoms with E-state index in [1.165, 1.54) is 0 Å². The van der Waals surface area contributed by atoms with Crippen LogP contribution in [-0.2, 0) is 16.6 Å². The lowest BCUT2D eigenvalue weighted by molar-refractivity contribution is -0.151. The molecule has 1 saturated heterocycles. The predicted molar refractivity (Wildman–Crippen MR) is 143 cm³/mol. The molecule has 37 heavy (non-hydrogen) atoms. The second kappa shape index (κ2) is 10.5. The Balaban J connectivity index is 1.37. The number of fused-ring (bicyclic) bond motifs is 1. The molecule has 1 aliphatic heterocycles. The summed E-state index contributed by atoms with van der Waals surface area (Å²) < 4.78 is 7.57. The first-order valence-corrected chi connectivity index (χ1v) is 12.5. The van der Waals surface area contributed by atoms with Gasteiger partial charge in [-0.15, -0.1) is 0 Å². The van der Waals surface area contributed by atoms with Gasteiger partial charge >= 0.3 is 5.97 Å². The van der Waals surface area contributed by atoms with E-state index in [0.717, 1.165) is 22.3 Å². The summed E-state index contributed by atoms with van der Waals surface area (Å²) in [6.07, 6.45) is -0.0135. The number of benzene rings is 2. The molecule has 0 saturated carbocycles. The van der Waals surface area contributed by atoms with Crippen LogP contribution in [0.15, 0.2) is 48.5 Å². The van der Waals surface area contributed by atoms with Crippen LogP contribution in [0, 0.1) is 5.41 Å². The summed E-state index contributed by atoms with van der Waals surface area (Å²) >= 11 is 0. The number of amides is 2. The maximum Gasteiger partial charge on any atom is 0.309 e. The quantitative estimate of drug-likeness (QED) is 0.479. The first-order chi connectivity index (χ1) is 17.6. The lowest BCUT2D eigenvalue weighted by Crippen LogP contribution is -2.49. The van der Waals surface area contributed by atoms with E-state index >= 15 is 0 Å². The number of carboxylic acid groups (broad SMARTS) is 1. The number of hydrogen-bond donors (Lipinski definition) is 2. The number of rotatable bonds is 8. The van der Waals surface area contributed by atoms with Crippen LogP contribution in [0.4, 0.5) is 11.4 Å². The molecule has 2 N–H and O–H groups in total. The molecule has 2 aromatic carbocycles. The van der Waals surface area contributed by atoms with Gasteiger partial charge in [0, 0.05) is 56.4 Å². The van der Waals surface area contributed by atoms with Gasteiger partial charge < -0.3 is 29.5 Å². The Morgan fingerprint density at radius 3 is 2.32 bits per heavy atom. The highest BCUT2D eigenvalue weighted by molar-refractivity contribution is 6.07. The first-order valence-electron chi connectivity index (χ1n) is 12.5. The highest BCUT2D eigenvalue weighted by Gasteiger charge is 2.33. The fourth-order valence-electron chi connectivity index (χ4n) is 4.56. The lowest BCUT2D eigenvalue weighted by atomic mass is 9.89. The summed E-state index contributed by atoms with van der Waals surface area (Å²) in [5, 5.41) is 13.2. The number of carbonyl (C=O) groups is 3.